The monoisotopic (exact) mass is 386 g/mol. The Labute approximate surface area is 160 Å². The van der Waals surface area contributed by atoms with Crippen molar-refractivity contribution in [3.63, 3.8) is 0 Å². The average molecular weight is 386 g/mol. The smallest absolute Gasteiger partial charge is 0.247 e. The highest BCUT2D eigenvalue weighted by atomic mass is 17.2. The number of carbonyl (C=O) groups is 4. The van der Waals surface area contributed by atoms with Gasteiger partial charge in [-0.15, -0.1) is 0 Å². The summed E-state index contributed by atoms with van der Waals surface area (Å²) in [5.74, 6) is -3.60. The maximum atomic E-state index is 11.7. The maximum Gasteiger partial charge on any atom is 0.386 e. The lowest BCUT2D eigenvalue weighted by atomic mass is 10.2. The molecule has 0 heterocycles. The van der Waals surface area contributed by atoms with Gasteiger partial charge in [-0.1, -0.05) is 35.4 Å². The van der Waals surface area contributed by atoms with Crippen LogP contribution in [-0.4, -0.2) is 23.9 Å². The molecular weight excluding hydrogens is 368 g/mol. The molecule has 28 heavy (non-hydrogen) atoms. The number of hydrogen-bond acceptors (Lipinski definition) is 8. The van der Waals surface area contributed by atoms with Gasteiger partial charge in [0.05, 0.1) is 24.0 Å². The van der Waals surface area contributed by atoms with Crippen molar-refractivity contribution in [2.45, 2.75) is 26.7 Å². The van der Waals surface area contributed by atoms with E-state index in [1.165, 1.54) is 24.3 Å². The van der Waals surface area contributed by atoms with Crippen molar-refractivity contribution in [1.29, 1.82) is 0 Å². The van der Waals surface area contributed by atoms with Gasteiger partial charge in [0, 0.05) is 0 Å². The summed E-state index contributed by atoms with van der Waals surface area (Å²) in [6.07, 6.45) is -0.857. The summed E-state index contributed by atoms with van der Waals surface area (Å²) in [6, 6.07) is 12.9. The van der Waals surface area contributed by atoms with Crippen LogP contribution in [0, 0.1) is 13.8 Å². The molecule has 0 fully saturated rings. The van der Waals surface area contributed by atoms with Gasteiger partial charge in [-0.05, 0) is 38.1 Å². The second-order valence-electron chi connectivity index (χ2n) is 5.88. The molecule has 0 spiro atoms. The Kier molecular flexibility index (Phi) is 7.27. The largest absolute Gasteiger partial charge is 0.386 e. The van der Waals surface area contributed by atoms with Crippen LogP contribution in [0.5, 0.6) is 0 Å². The molecule has 0 saturated heterocycles. The third-order valence-corrected chi connectivity index (χ3v) is 3.53. The van der Waals surface area contributed by atoms with E-state index in [1.54, 1.807) is 24.3 Å². The lowest BCUT2D eigenvalue weighted by molar-refractivity contribution is -0.239. The Hall–Kier alpha value is -3.68. The summed E-state index contributed by atoms with van der Waals surface area (Å²) < 4.78 is 0. The molecule has 8 heteroatoms. The van der Waals surface area contributed by atoms with Gasteiger partial charge in [0.15, 0.2) is 0 Å². The lowest BCUT2D eigenvalue weighted by Gasteiger charge is -2.04. The number of rotatable bonds is 5. The van der Waals surface area contributed by atoms with Gasteiger partial charge < -0.3 is 0 Å². The van der Waals surface area contributed by atoms with Crippen molar-refractivity contribution >= 4 is 23.9 Å². The van der Waals surface area contributed by atoms with Crippen molar-refractivity contribution in [1.82, 2.24) is 0 Å². The molecule has 0 N–H and O–H groups in total. The first-order valence-electron chi connectivity index (χ1n) is 8.32. The molecule has 2 rings (SSSR count). The van der Waals surface area contributed by atoms with Crippen molar-refractivity contribution < 1.29 is 38.7 Å². The van der Waals surface area contributed by atoms with Crippen molar-refractivity contribution in [2.24, 2.45) is 0 Å². The summed E-state index contributed by atoms with van der Waals surface area (Å²) in [4.78, 5) is 63.9. The standard InChI is InChI=1S/C20H18O8/c1-13-3-7-15(8-4-13)19(23)27-25-17(21)11-12-18(22)26-28-20(24)16-9-5-14(2)6-10-16/h3-10H,11-12H2,1-2H3. The predicted octanol–water partition coefficient (Wildman–Crippen LogP) is 3.01. The Morgan fingerprint density at radius 1 is 0.571 bits per heavy atom. The third kappa shape index (κ3) is 6.56. The van der Waals surface area contributed by atoms with E-state index in [4.69, 9.17) is 0 Å². The van der Waals surface area contributed by atoms with Crippen molar-refractivity contribution in [3.05, 3.63) is 70.8 Å². The van der Waals surface area contributed by atoms with E-state index < -0.39 is 36.7 Å². The fourth-order valence-electron chi connectivity index (χ4n) is 1.93. The van der Waals surface area contributed by atoms with Gasteiger partial charge >= 0.3 is 23.9 Å². The molecule has 0 unspecified atom stereocenters. The molecule has 8 nitrogen and oxygen atoms in total. The van der Waals surface area contributed by atoms with Crippen LogP contribution in [0.4, 0.5) is 0 Å². The molecule has 0 atom stereocenters. The molecule has 0 aliphatic carbocycles. The summed E-state index contributed by atoms with van der Waals surface area (Å²) in [5, 5.41) is 0. The van der Waals surface area contributed by atoms with Crippen LogP contribution in [0.3, 0.4) is 0 Å². The van der Waals surface area contributed by atoms with E-state index in [-0.39, 0.29) is 11.1 Å². The minimum atomic E-state index is -0.956. The molecule has 0 bridgehead atoms. The zero-order valence-electron chi connectivity index (χ0n) is 15.3. The maximum absolute atomic E-state index is 11.7. The van der Waals surface area contributed by atoms with Crippen LogP contribution in [0.25, 0.3) is 0 Å². The highest BCUT2D eigenvalue weighted by Crippen LogP contribution is 2.07. The molecule has 2 aromatic carbocycles. The molecule has 0 aliphatic rings. The third-order valence-electron chi connectivity index (χ3n) is 3.53. The van der Waals surface area contributed by atoms with Crippen LogP contribution in [0.1, 0.15) is 44.7 Å². The second kappa shape index (κ2) is 9.86. The topological polar surface area (TPSA) is 105 Å². The highest BCUT2D eigenvalue weighted by Gasteiger charge is 2.16. The Bertz CT molecular complexity index is 779. The summed E-state index contributed by atoms with van der Waals surface area (Å²) in [6.45, 7) is 3.71. The van der Waals surface area contributed by atoms with Crippen LogP contribution in [-0.2, 0) is 29.1 Å². The predicted molar refractivity (Wildman–Crippen MR) is 94.6 cm³/mol. The van der Waals surface area contributed by atoms with Crippen molar-refractivity contribution in [3.8, 4) is 0 Å². The van der Waals surface area contributed by atoms with Crippen molar-refractivity contribution in [2.75, 3.05) is 0 Å². The zero-order valence-corrected chi connectivity index (χ0v) is 15.3. The van der Waals surface area contributed by atoms with Gasteiger partial charge in [-0.2, -0.15) is 0 Å². The van der Waals surface area contributed by atoms with Crippen LogP contribution >= 0.6 is 0 Å². The van der Waals surface area contributed by atoms with E-state index >= 15 is 0 Å². The highest BCUT2D eigenvalue weighted by molar-refractivity contribution is 5.90. The molecule has 0 amide bonds. The minimum absolute atomic E-state index is 0.209. The normalized spacial score (nSPS) is 9.93. The summed E-state index contributed by atoms with van der Waals surface area (Å²) in [5.41, 5.74) is 2.33. The average Bonchev–Trinajstić information content (AvgIpc) is 2.69. The number of carbonyl (C=O) groups excluding carboxylic acids is 4. The van der Waals surface area contributed by atoms with Gasteiger partial charge in [0.25, 0.3) is 0 Å². The van der Waals surface area contributed by atoms with E-state index in [1.807, 2.05) is 13.8 Å². The first kappa shape index (κ1) is 20.6. The number of aryl methyl sites for hydroxylation is 2. The van der Waals surface area contributed by atoms with Gasteiger partial charge in [0.2, 0.25) is 0 Å². The van der Waals surface area contributed by atoms with E-state index in [0.717, 1.165) is 11.1 Å². The molecule has 0 aliphatic heterocycles. The molecular formula is C20H18O8. The van der Waals surface area contributed by atoms with Gasteiger partial charge in [-0.25, -0.2) is 38.7 Å². The van der Waals surface area contributed by atoms with Gasteiger partial charge in [0.1, 0.15) is 0 Å². The van der Waals surface area contributed by atoms with Crippen LogP contribution < -0.4 is 0 Å². The molecule has 0 saturated carbocycles. The molecule has 0 aromatic heterocycles. The summed E-state index contributed by atoms with van der Waals surface area (Å²) in [7, 11) is 0. The van der Waals surface area contributed by atoms with Crippen LogP contribution in [0.15, 0.2) is 48.5 Å². The Morgan fingerprint density at radius 2 is 0.893 bits per heavy atom. The zero-order chi connectivity index (χ0) is 20.5. The second-order valence-corrected chi connectivity index (χ2v) is 5.88. The molecule has 0 radical (unpaired) electrons. The SMILES string of the molecule is Cc1ccc(C(=O)OOC(=O)CCC(=O)OOC(=O)c2ccc(C)cc2)cc1. The van der Waals surface area contributed by atoms with E-state index in [9.17, 15) is 19.2 Å². The fraction of sp³-hybridized carbons (Fsp3) is 0.200. The number of hydrogen-bond donors (Lipinski definition) is 0. The lowest BCUT2D eigenvalue weighted by Crippen LogP contribution is -2.15. The minimum Gasteiger partial charge on any atom is -0.247 e. The van der Waals surface area contributed by atoms with E-state index in [0.29, 0.717) is 0 Å². The molecule has 2 aromatic rings. The van der Waals surface area contributed by atoms with Gasteiger partial charge in [-0.3, -0.25) is 0 Å². The first-order chi connectivity index (χ1) is 13.3. The Morgan fingerprint density at radius 3 is 1.21 bits per heavy atom. The number of benzene rings is 2. The van der Waals surface area contributed by atoms with Crippen LogP contribution in [0.2, 0.25) is 0 Å². The fourth-order valence-corrected chi connectivity index (χ4v) is 1.93. The molecule has 146 valence electrons. The first-order valence-corrected chi connectivity index (χ1v) is 8.32. The quantitative estimate of drug-likeness (QED) is 0.570. The Balaban J connectivity index is 1.67. The van der Waals surface area contributed by atoms with E-state index in [2.05, 4.69) is 19.6 Å². The summed E-state index contributed by atoms with van der Waals surface area (Å²) >= 11 is 0.